The van der Waals surface area contributed by atoms with Gasteiger partial charge >= 0.3 is 0 Å². The molecule has 0 saturated carbocycles. The Kier molecular flexibility index (Phi) is 5.56. The van der Waals surface area contributed by atoms with Crippen LogP contribution in [0.5, 0.6) is 5.75 Å². The molecule has 1 N–H and O–H groups in total. The molecule has 0 amide bonds. The van der Waals surface area contributed by atoms with Gasteiger partial charge in [-0.15, -0.1) is 6.58 Å². The van der Waals surface area contributed by atoms with Crippen LogP contribution in [0, 0.1) is 0 Å². The van der Waals surface area contributed by atoms with Gasteiger partial charge in [-0.05, 0) is 32.5 Å². The van der Waals surface area contributed by atoms with Crippen LogP contribution in [0.2, 0.25) is 0 Å². The van der Waals surface area contributed by atoms with Crippen molar-refractivity contribution in [2.24, 2.45) is 0 Å². The highest BCUT2D eigenvalue weighted by Gasteiger charge is 2.10. The maximum atomic E-state index is 5.74. The largest absolute Gasteiger partial charge is 0.493 e. The van der Waals surface area contributed by atoms with Crippen molar-refractivity contribution < 1.29 is 4.74 Å². The normalized spacial score (nSPS) is 12.2. The number of nitrogens with one attached hydrogen (secondary N) is 1. The summed E-state index contributed by atoms with van der Waals surface area (Å²) in [5.41, 5.74) is 1.18. The molecule has 0 radical (unpaired) electrons. The topological polar surface area (TPSA) is 21.3 Å². The lowest BCUT2D eigenvalue weighted by molar-refractivity contribution is 0.318. The van der Waals surface area contributed by atoms with Gasteiger partial charge < -0.3 is 10.1 Å². The first-order valence-corrected chi connectivity index (χ1v) is 6.18. The van der Waals surface area contributed by atoms with E-state index in [1.807, 2.05) is 25.3 Å². The van der Waals surface area contributed by atoms with Crippen molar-refractivity contribution in [2.45, 2.75) is 19.4 Å². The molecule has 0 aliphatic rings. The van der Waals surface area contributed by atoms with Crippen molar-refractivity contribution in [3.05, 3.63) is 40.9 Å². The van der Waals surface area contributed by atoms with Crippen LogP contribution in [-0.4, -0.2) is 13.7 Å². The zero-order valence-electron chi connectivity index (χ0n) is 9.79. The monoisotopic (exact) mass is 283 g/mol. The summed E-state index contributed by atoms with van der Waals surface area (Å²) in [6, 6.07) is 6.40. The molecule has 16 heavy (non-hydrogen) atoms. The lowest BCUT2D eigenvalue weighted by Gasteiger charge is -2.16. The third kappa shape index (κ3) is 3.65. The van der Waals surface area contributed by atoms with Crippen LogP contribution in [0.15, 0.2) is 35.3 Å². The van der Waals surface area contributed by atoms with Gasteiger partial charge in [-0.2, -0.15) is 0 Å². The Morgan fingerprint density at radius 1 is 1.56 bits per heavy atom. The van der Waals surface area contributed by atoms with Gasteiger partial charge in [0.2, 0.25) is 0 Å². The highest BCUT2D eigenvalue weighted by Crippen LogP contribution is 2.28. The molecule has 0 aromatic heterocycles. The number of benzene rings is 1. The summed E-state index contributed by atoms with van der Waals surface area (Å²) in [7, 11) is 1.94. The zero-order valence-corrected chi connectivity index (χ0v) is 11.4. The van der Waals surface area contributed by atoms with Crippen molar-refractivity contribution in [3.63, 3.8) is 0 Å². The molecule has 0 bridgehead atoms. The van der Waals surface area contributed by atoms with Gasteiger partial charge in [-0.1, -0.05) is 28.1 Å². The Morgan fingerprint density at radius 3 is 2.94 bits per heavy atom. The summed E-state index contributed by atoms with van der Waals surface area (Å²) in [5, 5.41) is 3.22. The van der Waals surface area contributed by atoms with Crippen molar-refractivity contribution in [1.29, 1.82) is 0 Å². The Labute approximate surface area is 106 Å². The molecule has 88 valence electrons. The van der Waals surface area contributed by atoms with Crippen molar-refractivity contribution in [2.75, 3.05) is 13.7 Å². The van der Waals surface area contributed by atoms with E-state index in [9.17, 15) is 0 Å². The number of rotatable bonds is 6. The predicted octanol–water partition coefficient (Wildman–Crippen LogP) is 3.68. The first kappa shape index (κ1) is 13.3. The van der Waals surface area contributed by atoms with E-state index in [0.29, 0.717) is 6.61 Å². The maximum Gasteiger partial charge on any atom is 0.125 e. The van der Waals surface area contributed by atoms with Crippen LogP contribution in [0.1, 0.15) is 24.9 Å². The Balaban J connectivity index is 2.84. The fourth-order valence-corrected chi connectivity index (χ4v) is 1.74. The van der Waals surface area contributed by atoms with E-state index in [2.05, 4.69) is 40.8 Å². The lowest BCUT2D eigenvalue weighted by Crippen LogP contribution is -2.14. The van der Waals surface area contributed by atoms with Gasteiger partial charge in [0.05, 0.1) is 6.61 Å². The van der Waals surface area contributed by atoms with Gasteiger partial charge in [0.15, 0.2) is 0 Å². The van der Waals surface area contributed by atoms with E-state index in [1.165, 1.54) is 5.56 Å². The molecular weight excluding hydrogens is 266 g/mol. The van der Waals surface area contributed by atoms with Gasteiger partial charge in [-0.25, -0.2) is 0 Å². The number of hydrogen-bond acceptors (Lipinski definition) is 2. The summed E-state index contributed by atoms with van der Waals surface area (Å²) in [6.07, 6.45) is 2.72. The Hall–Kier alpha value is -0.800. The van der Waals surface area contributed by atoms with Gasteiger partial charge in [-0.3, -0.25) is 0 Å². The fourth-order valence-electron chi connectivity index (χ4n) is 1.40. The van der Waals surface area contributed by atoms with E-state index in [-0.39, 0.29) is 6.04 Å². The number of hydrogen-bond donors (Lipinski definition) is 1. The van der Waals surface area contributed by atoms with Gasteiger partial charge in [0.25, 0.3) is 0 Å². The molecule has 0 fully saturated rings. The zero-order chi connectivity index (χ0) is 12.0. The highest BCUT2D eigenvalue weighted by atomic mass is 79.9. The molecular formula is C13H18BrNO. The van der Waals surface area contributed by atoms with Crippen LogP contribution >= 0.6 is 15.9 Å². The lowest BCUT2D eigenvalue weighted by atomic mass is 10.1. The molecule has 2 nitrogen and oxygen atoms in total. The van der Waals surface area contributed by atoms with E-state index in [1.54, 1.807) is 0 Å². The fraction of sp³-hybridized carbons (Fsp3) is 0.385. The average molecular weight is 284 g/mol. The standard InChI is InChI=1S/C13H18BrNO/c1-4-5-8-16-13-9-11(14)6-7-12(13)10(2)15-3/h4,6-7,9-10,15H,1,5,8H2,2-3H3. The van der Waals surface area contributed by atoms with E-state index in [0.717, 1.165) is 16.6 Å². The van der Waals surface area contributed by atoms with Gasteiger partial charge in [0.1, 0.15) is 5.75 Å². The molecule has 0 heterocycles. The summed E-state index contributed by atoms with van der Waals surface area (Å²) in [6.45, 7) is 6.47. The van der Waals surface area contributed by atoms with E-state index >= 15 is 0 Å². The summed E-state index contributed by atoms with van der Waals surface area (Å²) < 4.78 is 6.78. The van der Waals surface area contributed by atoms with Crippen LogP contribution in [0.25, 0.3) is 0 Å². The third-order valence-corrected chi connectivity index (χ3v) is 2.95. The van der Waals surface area contributed by atoms with Gasteiger partial charge in [0, 0.05) is 16.1 Å². The molecule has 1 aromatic rings. The summed E-state index contributed by atoms with van der Waals surface area (Å²) >= 11 is 3.46. The van der Waals surface area contributed by atoms with Crippen LogP contribution in [-0.2, 0) is 0 Å². The average Bonchev–Trinajstić information content (AvgIpc) is 2.29. The van der Waals surface area contributed by atoms with E-state index in [4.69, 9.17) is 4.74 Å². The minimum Gasteiger partial charge on any atom is -0.493 e. The molecule has 0 saturated heterocycles. The molecule has 1 unspecified atom stereocenters. The smallest absolute Gasteiger partial charge is 0.125 e. The first-order chi connectivity index (χ1) is 7.69. The third-order valence-electron chi connectivity index (χ3n) is 2.45. The van der Waals surface area contributed by atoms with Crippen molar-refractivity contribution in [1.82, 2.24) is 5.32 Å². The minimum absolute atomic E-state index is 0.284. The second-order valence-corrected chi connectivity index (χ2v) is 4.53. The molecule has 0 aliphatic carbocycles. The Morgan fingerprint density at radius 2 is 2.31 bits per heavy atom. The number of ether oxygens (including phenoxy) is 1. The molecule has 1 aromatic carbocycles. The Bertz CT molecular complexity index is 352. The number of halogens is 1. The molecule has 1 atom stereocenters. The van der Waals surface area contributed by atoms with E-state index < -0.39 is 0 Å². The SMILES string of the molecule is C=CCCOc1cc(Br)ccc1C(C)NC. The van der Waals surface area contributed by atoms with Crippen molar-refractivity contribution in [3.8, 4) is 5.75 Å². The highest BCUT2D eigenvalue weighted by molar-refractivity contribution is 9.10. The molecule has 3 heteroatoms. The summed E-state index contributed by atoms with van der Waals surface area (Å²) in [4.78, 5) is 0. The van der Waals surface area contributed by atoms with Crippen LogP contribution in [0.3, 0.4) is 0 Å². The van der Waals surface area contributed by atoms with Crippen molar-refractivity contribution >= 4 is 15.9 Å². The second kappa shape index (κ2) is 6.71. The minimum atomic E-state index is 0.284. The predicted molar refractivity (Wildman–Crippen MR) is 71.9 cm³/mol. The molecule has 1 rings (SSSR count). The van der Waals surface area contributed by atoms with Crippen LogP contribution < -0.4 is 10.1 Å². The quantitative estimate of drug-likeness (QED) is 0.635. The molecule has 0 aliphatic heterocycles. The molecule has 0 spiro atoms. The summed E-state index contributed by atoms with van der Waals surface area (Å²) in [5.74, 6) is 0.929. The van der Waals surface area contributed by atoms with Crippen LogP contribution in [0.4, 0.5) is 0 Å². The maximum absolute atomic E-state index is 5.74. The second-order valence-electron chi connectivity index (χ2n) is 3.62. The first-order valence-electron chi connectivity index (χ1n) is 5.39.